The molecule has 0 spiro atoms. The van der Waals surface area contributed by atoms with Gasteiger partial charge < -0.3 is 34.8 Å². The van der Waals surface area contributed by atoms with Crippen molar-refractivity contribution in [1.82, 2.24) is 20.3 Å². The molecule has 1 aliphatic carbocycles. The molecule has 3 aliphatic rings. The van der Waals surface area contributed by atoms with E-state index in [-0.39, 0.29) is 42.6 Å². The zero-order valence-corrected chi connectivity index (χ0v) is 34.6. The van der Waals surface area contributed by atoms with Crippen molar-refractivity contribution in [3.05, 3.63) is 83.5 Å². The van der Waals surface area contributed by atoms with Gasteiger partial charge in [-0.25, -0.2) is 0 Å². The normalized spacial score (nSPS) is 23.0. The van der Waals surface area contributed by atoms with E-state index in [1.165, 1.54) is 47.8 Å². The van der Waals surface area contributed by atoms with Crippen LogP contribution in [-0.4, -0.2) is 51.8 Å². The number of ether oxygens (including phenoxy) is 2. The molecular weight excluding hydrogens is 689 g/mol. The molecule has 6 rings (SSSR count). The maximum atomic E-state index is 13.6. The van der Waals surface area contributed by atoms with E-state index >= 15 is 0 Å². The number of esters is 2. The zero-order chi connectivity index (χ0) is 39.7. The van der Waals surface area contributed by atoms with E-state index in [9.17, 15) is 14.7 Å². The SMILES string of the molecule is CCc1c2[nH]c(c1C)/C=C1\NC(C3=c4[nH]c(c(C)c4=C(O)[C@@H]3C(=O)OC)/C=c3\[nH]/c(c(C)c3CC)=C\2)[C@@H](CCC(=O)OC/C=C(\C)CCC[C@H](C)CC)[C@@H]1C. The molecule has 8 bridgehead atoms. The Morgan fingerprint density at radius 3 is 2.31 bits per heavy atom. The minimum atomic E-state index is -0.976. The number of aliphatic hydroxyl groups is 1. The van der Waals surface area contributed by atoms with E-state index in [0.717, 1.165) is 81.6 Å². The highest BCUT2D eigenvalue weighted by Gasteiger charge is 2.47. The summed E-state index contributed by atoms with van der Waals surface area (Å²) < 4.78 is 11.1. The quantitative estimate of drug-likeness (QED) is 0.107. The topological polar surface area (TPSA) is 132 Å². The van der Waals surface area contributed by atoms with Crippen LogP contribution in [0.5, 0.6) is 0 Å². The van der Waals surface area contributed by atoms with Crippen LogP contribution in [0, 0.1) is 44.4 Å². The molecule has 3 aromatic heterocycles. The van der Waals surface area contributed by atoms with Gasteiger partial charge in [0.15, 0.2) is 0 Å². The van der Waals surface area contributed by atoms with Crippen LogP contribution in [0.4, 0.5) is 0 Å². The maximum absolute atomic E-state index is 13.6. The number of hydrogen-bond donors (Lipinski definition) is 5. The van der Waals surface area contributed by atoms with Crippen molar-refractivity contribution in [3.8, 4) is 0 Å². The summed E-state index contributed by atoms with van der Waals surface area (Å²) in [5.41, 5.74) is 11.7. The lowest BCUT2D eigenvalue weighted by Crippen LogP contribution is -2.38. The van der Waals surface area contributed by atoms with Gasteiger partial charge in [-0.3, -0.25) is 9.59 Å². The second-order valence-corrected chi connectivity index (χ2v) is 16.2. The first-order chi connectivity index (χ1) is 26.3. The minimum absolute atomic E-state index is 0.000300. The number of rotatable bonds is 13. The average molecular weight is 751 g/mol. The molecule has 0 saturated carbocycles. The number of aromatic amines is 3. The third-order valence-electron chi connectivity index (χ3n) is 12.9. The van der Waals surface area contributed by atoms with Crippen molar-refractivity contribution in [3.63, 3.8) is 0 Å². The Kier molecular flexibility index (Phi) is 12.1. The smallest absolute Gasteiger partial charge is 0.320 e. The Hall–Kier alpha value is -4.66. The lowest BCUT2D eigenvalue weighted by molar-refractivity contribution is -0.143. The van der Waals surface area contributed by atoms with Crippen molar-refractivity contribution in [1.29, 1.82) is 0 Å². The van der Waals surface area contributed by atoms with E-state index < -0.39 is 11.9 Å². The first kappa shape index (κ1) is 40.0. The molecule has 0 radical (unpaired) electrons. The number of fused-ring (bicyclic) bond motifs is 8. The lowest BCUT2D eigenvalue weighted by Gasteiger charge is -2.26. The third-order valence-corrected chi connectivity index (χ3v) is 12.9. The number of aromatic nitrogens is 3. The number of carbonyl (C=O) groups excluding carboxylic acids is 2. The van der Waals surface area contributed by atoms with Gasteiger partial charge >= 0.3 is 11.9 Å². The van der Waals surface area contributed by atoms with Crippen molar-refractivity contribution < 1.29 is 24.2 Å². The van der Waals surface area contributed by atoms with Crippen LogP contribution in [-0.2, 0) is 31.9 Å². The fraction of sp³-hybridized carbons (Fsp3) is 0.522. The van der Waals surface area contributed by atoms with Gasteiger partial charge in [0.25, 0.3) is 0 Å². The van der Waals surface area contributed by atoms with Gasteiger partial charge in [-0.05, 0) is 129 Å². The van der Waals surface area contributed by atoms with Crippen molar-refractivity contribution in [2.24, 2.45) is 23.7 Å². The molecule has 296 valence electrons. The van der Waals surface area contributed by atoms with Crippen molar-refractivity contribution in [2.45, 2.75) is 120 Å². The highest BCUT2D eigenvalue weighted by atomic mass is 16.5. The van der Waals surface area contributed by atoms with Crippen molar-refractivity contribution in [2.75, 3.05) is 13.7 Å². The summed E-state index contributed by atoms with van der Waals surface area (Å²) in [5, 5.41) is 19.1. The Bertz CT molecular complexity index is 2280. The van der Waals surface area contributed by atoms with Crippen molar-refractivity contribution >= 4 is 41.5 Å². The van der Waals surface area contributed by atoms with Gasteiger partial charge in [0.05, 0.1) is 18.5 Å². The largest absolute Gasteiger partial charge is 0.510 e. The summed E-state index contributed by atoms with van der Waals surface area (Å²) in [4.78, 5) is 38.0. The number of allylic oxidation sites excluding steroid dienone is 2. The molecule has 3 aromatic rings. The van der Waals surface area contributed by atoms with Crippen LogP contribution in [0.3, 0.4) is 0 Å². The van der Waals surface area contributed by atoms with Gasteiger partial charge in [-0.1, -0.05) is 53.0 Å². The fourth-order valence-corrected chi connectivity index (χ4v) is 9.17. The summed E-state index contributed by atoms with van der Waals surface area (Å²) in [6.45, 7) is 19.8. The molecule has 5 atom stereocenters. The number of carbonyl (C=O) groups is 2. The van der Waals surface area contributed by atoms with Crippen LogP contribution in [0.1, 0.15) is 125 Å². The summed E-state index contributed by atoms with van der Waals surface area (Å²) in [6.07, 6.45) is 15.6. The van der Waals surface area contributed by atoms with Crippen LogP contribution < -0.4 is 26.6 Å². The summed E-state index contributed by atoms with van der Waals surface area (Å²) in [7, 11) is 1.36. The Labute approximate surface area is 325 Å². The highest BCUT2D eigenvalue weighted by Crippen LogP contribution is 2.42. The van der Waals surface area contributed by atoms with Gasteiger partial charge in [0.1, 0.15) is 18.3 Å². The molecule has 1 fully saturated rings. The van der Waals surface area contributed by atoms with Crippen LogP contribution >= 0.6 is 0 Å². The summed E-state index contributed by atoms with van der Waals surface area (Å²) >= 11 is 0. The number of H-pyrrole nitrogens is 3. The Morgan fingerprint density at radius 2 is 1.62 bits per heavy atom. The molecule has 0 aromatic carbocycles. The van der Waals surface area contributed by atoms with Crippen LogP contribution in [0.15, 0.2) is 17.3 Å². The molecule has 55 heavy (non-hydrogen) atoms. The second kappa shape index (κ2) is 16.6. The standard InChI is InChI=1S/C46H62N4O5/c1-11-24(4)15-14-16-25(5)19-20-55-39(51)18-17-32-28(8)35-21-33-26(6)30(12-2)37(47-33)22-34-27(7)31(13-3)38(48-34)23-36-29(9)40-44(50-36)41(43(32)49-35)42(45(40)52)46(53)54-10/h19,21-24,28,32,42-43,47-50,52H,11-18,20H2,1-10H3/b25-19+,34-22-,35-21-,38-23-/t24-,28+,32+,42-,43?/m1/s1. The van der Waals surface area contributed by atoms with Crippen LogP contribution in [0.2, 0.25) is 0 Å². The van der Waals surface area contributed by atoms with Gasteiger partial charge in [-0.15, -0.1) is 0 Å². The first-order valence-electron chi connectivity index (χ1n) is 20.5. The molecular formula is C46H62N4O5. The van der Waals surface area contributed by atoms with E-state index in [4.69, 9.17) is 9.47 Å². The minimum Gasteiger partial charge on any atom is -0.510 e. The second-order valence-electron chi connectivity index (χ2n) is 16.2. The summed E-state index contributed by atoms with van der Waals surface area (Å²) in [6, 6.07) is -0.370. The lowest BCUT2D eigenvalue weighted by atomic mass is 9.80. The Balaban J connectivity index is 1.44. The number of aliphatic hydroxyl groups excluding tert-OH is 1. The van der Waals surface area contributed by atoms with Gasteiger partial charge in [0.2, 0.25) is 0 Å². The molecule has 5 N–H and O–H groups in total. The number of hydrogen-bond acceptors (Lipinski definition) is 6. The molecule has 1 unspecified atom stereocenters. The van der Waals surface area contributed by atoms with E-state index in [1.807, 2.05) is 13.0 Å². The molecule has 5 heterocycles. The number of nitrogens with one attached hydrogen (secondary N) is 4. The summed E-state index contributed by atoms with van der Waals surface area (Å²) in [5.74, 6) is -1.10. The number of methoxy groups -OCH3 is 1. The average Bonchev–Trinajstić information content (AvgIpc) is 3.90. The predicted molar refractivity (Wildman–Crippen MR) is 221 cm³/mol. The monoisotopic (exact) mass is 750 g/mol. The molecule has 1 saturated heterocycles. The first-order valence-corrected chi connectivity index (χ1v) is 20.5. The van der Waals surface area contributed by atoms with E-state index in [2.05, 4.69) is 93.9 Å². The zero-order valence-electron chi connectivity index (χ0n) is 34.6. The predicted octanol–water partition coefficient (Wildman–Crippen LogP) is 6.06. The highest BCUT2D eigenvalue weighted by molar-refractivity contribution is 5.95. The van der Waals surface area contributed by atoms with Gasteiger partial charge in [-0.2, -0.15) is 0 Å². The molecule has 9 nitrogen and oxygen atoms in total. The van der Waals surface area contributed by atoms with Gasteiger partial charge in [0, 0.05) is 51.0 Å². The van der Waals surface area contributed by atoms with E-state index in [1.54, 1.807) is 0 Å². The Morgan fingerprint density at radius 1 is 0.909 bits per heavy atom. The molecule has 9 heteroatoms. The fourth-order valence-electron chi connectivity index (χ4n) is 9.17. The maximum Gasteiger partial charge on any atom is 0.320 e. The van der Waals surface area contributed by atoms with Crippen LogP contribution in [0.25, 0.3) is 29.6 Å². The third kappa shape index (κ3) is 7.64. The molecule has 0 amide bonds. The van der Waals surface area contributed by atoms with E-state index in [0.29, 0.717) is 11.6 Å². The molecule has 2 aliphatic heterocycles.